The number of hydrogen-bond acceptors (Lipinski definition) is 3. The van der Waals surface area contributed by atoms with Gasteiger partial charge in [-0.2, -0.15) is 0 Å². The number of hydrogen-bond donors (Lipinski definition) is 1. The fourth-order valence-corrected chi connectivity index (χ4v) is 1.92. The molecule has 0 aliphatic rings. The Morgan fingerprint density at radius 1 is 1.22 bits per heavy atom. The molecule has 2 heterocycles. The van der Waals surface area contributed by atoms with Gasteiger partial charge in [0.25, 0.3) is 0 Å². The van der Waals surface area contributed by atoms with Gasteiger partial charge in [-0.25, -0.2) is 9.78 Å². The van der Waals surface area contributed by atoms with Crippen LogP contribution in [0.3, 0.4) is 0 Å². The average molecular weight is 239 g/mol. The summed E-state index contributed by atoms with van der Waals surface area (Å²) in [6.45, 7) is 0. The zero-order valence-electron chi connectivity index (χ0n) is 9.33. The Bertz CT molecular complexity index is 730. The number of furan rings is 1. The summed E-state index contributed by atoms with van der Waals surface area (Å²) in [7, 11) is 0. The van der Waals surface area contributed by atoms with E-state index in [1.54, 1.807) is 18.4 Å². The quantitative estimate of drug-likeness (QED) is 0.745. The van der Waals surface area contributed by atoms with Crippen LogP contribution in [0.2, 0.25) is 0 Å². The molecule has 0 unspecified atom stereocenters. The summed E-state index contributed by atoms with van der Waals surface area (Å²) in [5.41, 5.74) is 2.46. The molecule has 0 aliphatic carbocycles. The first-order chi connectivity index (χ1) is 8.75. The number of fused-ring (bicyclic) bond motifs is 1. The second-order valence-electron chi connectivity index (χ2n) is 3.88. The van der Waals surface area contributed by atoms with Gasteiger partial charge >= 0.3 is 5.97 Å². The van der Waals surface area contributed by atoms with Crippen LogP contribution in [0.25, 0.3) is 22.1 Å². The third-order valence-electron chi connectivity index (χ3n) is 2.77. The lowest BCUT2D eigenvalue weighted by Gasteiger charge is -1.99. The highest BCUT2D eigenvalue weighted by Crippen LogP contribution is 2.30. The molecule has 0 saturated heterocycles. The predicted molar refractivity (Wildman–Crippen MR) is 66.4 cm³/mol. The number of aromatic carboxylic acids is 1. The molecule has 0 saturated carbocycles. The van der Waals surface area contributed by atoms with E-state index in [4.69, 9.17) is 9.52 Å². The molecule has 18 heavy (non-hydrogen) atoms. The topological polar surface area (TPSA) is 63.3 Å². The number of carboxylic acids is 1. The number of pyridine rings is 1. The van der Waals surface area contributed by atoms with Crippen LogP contribution >= 0.6 is 0 Å². The Labute approximate surface area is 103 Å². The summed E-state index contributed by atoms with van der Waals surface area (Å²) in [5.74, 6) is -1.04. The maximum Gasteiger partial charge on any atom is 0.354 e. The van der Waals surface area contributed by atoms with Crippen molar-refractivity contribution in [2.75, 3.05) is 0 Å². The molecule has 4 nitrogen and oxygen atoms in total. The fourth-order valence-electron chi connectivity index (χ4n) is 1.92. The zero-order valence-corrected chi connectivity index (χ0v) is 9.33. The van der Waals surface area contributed by atoms with E-state index in [0.717, 1.165) is 22.1 Å². The Hall–Kier alpha value is -2.62. The normalized spacial score (nSPS) is 10.7. The van der Waals surface area contributed by atoms with Gasteiger partial charge in [0.1, 0.15) is 11.3 Å². The number of carboxylic acid groups (broad SMARTS) is 1. The minimum absolute atomic E-state index is 0.0257. The molecule has 0 fully saturated rings. The van der Waals surface area contributed by atoms with E-state index in [-0.39, 0.29) is 5.69 Å². The molecule has 0 aliphatic heterocycles. The standard InChI is InChI=1S/C14H9NO3/c16-14(17)12-7-9(5-6-15-12)11-8-18-13-4-2-1-3-10(11)13/h1-8H,(H,16,17). The average Bonchev–Trinajstić information content (AvgIpc) is 2.82. The predicted octanol–water partition coefficient (Wildman–Crippen LogP) is 3.19. The van der Waals surface area contributed by atoms with Gasteiger partial charge in [-0.15, -0.1) is 0 Å². The van der Waals surface area contributed by atoms with E-state index in [0.29, 0.717) is 0 Å². The van der Waals surface area contributed by atoms with Crippen LogP contribution in [0.1, 0.15) is 10.5 Å². The lowest BCUT2D eigenvalue weighted by atomic mass is 10.1. The van der Waals surface area contributed by atoms with Crippen LogP contribution in [-0.4, -0.2) is 16.1 Å². The maximum atomic E-state index is 10.9. The molecule has 1 aromatic carbocycles. The second kappa shape index (κ2) is 4.00. The molecule has 0 radical (unpaired) electrons. The molecule has 0 atom stereocenters. The first-order valence-electron chi connectivity index (χ1n) is 5.41. The Kier molecular flexibility index (Phi) is 2.34. The Balaban J connectivity index is 2.20. The molecule has 88 valence electrons. The van der Waals surface area contributed by atoms with Crippen molar-refractivity contribution < 1.29 is 14.3 Å². The monoisotopic (exact) mass is 239 g/mol. The van der Waals surface area contributed by atoms with Gasteiger partial charge in [0.05, 0.1) is 6.26 Å². The highest BCUT2D eigenvalue weighted by molar-refractivity contribution is 5.95. The van der Waals surface area contributed by atoms with Crippen molar-refractivity contribution >= 4 is 16.9 Å². The smallest absolute Gasteiger partial charge is 0.354 e. The van der Waals surface area contributed by atoms with Crippen LogP contribution in [0.15, 0.2) is 53.3 Å². The number of para-hydroxylation sites is 1. The lowest BCUT2D eigenvalue weighted by molar-refractivity contribution is 0.0690. The third-order valence-corrected chi connectivity index (χ3v) is 2.77. The lowest BCUT2D eigenvalue weighted by Crippen LogP contribution is -1.99. The van der Waals surface area contributed by atoms with Crippen LogP contribution < -0.4 is 0 Å². The molecular formula is C14H9NO3. The summed E-state index contributed by atoms with van der Waals surface area (Å²) in [5, 5.41) is 9.89. The molecule has 1 N–H and O–H groups in total. The largest absolute Gasteiger partial charge is 0.477 e. The van der Waals surface area contributed by atoms with Crippen molar-refractivity contribution in [3.63, 3.8) is 0 Å². The summed E-state index contributed by atoms with van der Waals surface area (Å²) in [6.07, 6.45) is 3.12. The van der Waals surface area contributed by atoms with Crippen LogP contribution in [0.5, 0.6) is 0 Å². The SMILES string of the molecule is O=C(O)c1cc(-c2coc3ccccc23)ccn1. The van der Waals surface area contributed by atoms with Crippen LogP contribution in [-0.2, 0) is 0 Å². The first-order valence-corrected chi connectivity index (χ1v) is 5.41. The van der Waals surface area contributed by atoms with Gasteiger partial charge in [-0.3, -0.25) is 0 Å². The number of carbonyl (C=O) groups is 1. The van der Waals surface area contributed by atoms with Gasteiger partial charge < -0.3 is 9.52 Å². The van der Waals surface area contributed by atoms with Gasteiger partial charge in [-0.1, -0.05) is 18.2 Å². The number of aromatic nitrogens is 1. The van der Waals surface area contributed by atoms with Gasteiger partial charge in [0.2, 0.25) is 0 Å². The van der Waals surface area contributed by atoms with E-state index in [1.165, 1.54) is 6.20 Å². The van der Waals surface area contributed by atoms with Crippen LogP contribution in [0, 0.1) is 0 Å². The van der Waals surface area contributed by atoms with Crippen molar-refractivity contribution in [2.45, 2.75) is 0 Å². The molecule has 3 aromatic rings. The zero-order chi connectivity index (χ0) is 12.5. The number of rotatable bonds is 2. The summed E-state index contributed by atoms with van der Waals surface area (Å²) in [4.78, 5) is 14.7. The van der Waals surface area contributed by atoms with E-state index < -0.39 is 5.97 Å². The van der Waals surface area contributed by atoms with Crippen molar-refractivity contribution in [1.29, 1.82) is 0 Å². The summed E-state index contributed by atoms with van der Waals surface area (Å²) >= 11 is 0. The molecule has 2 aromatic heterocycles. The molecule has 3 rings (SSSR count). The van der Waals surface area contributed by atoms with Crippen molar-refractivity contribution in [3.05, 3.63) is 54.6 Å². The van der Waals surface area contributed by atoms with Gasteiger partial charge in [-0.05, 0) is 23.8 Å². The fraction of sp³-hybridized carbons (Fsp3) is 0. The van der Waals surface area contributed by atoms with Crippen molar-refractivity contribution in [1.82, 2.24) is 4.98 Å². The summed E-state index contributed by atoms with van der Waals surface area (Å²) < 4.78 is 5.44. The molecule has 0 amide bonds. The molecular weight excluding hydrogens is 230 g/mol. The maximum absolute atomic E-state index is 10.9. The highest BCUT2D eigenvalue weighted by Gasteiger charge is 2.10. The molecule has 4 heteroatoms. The minimum atomic E-state index is -1.04. The van der Waals surface area contributed by atoms with Crippen LogP contribution in [0.4, 0.5) is 0 Å². The van der Waals surface area contributed by atoms with E-state index in [1.807, 2.05) is 24.3 Å². The Morgan fingerprint density at radius 3 is 2.89 bits per heavy atom. The second-order valence-corrected chi connectivity index (χ2v) is 3.88. The highest BCUT2D eigenvalue weighted by atomic mass is 16.4. The molecule has 0 spiro atoms. The van der Waals surface area contributed by atoms with E-state index in [2.05, 4.69) is 4.98 Å². The number of benzene rings is 1. The molecule has 0 bridgehead atoms. The van der Waals surface area contributed by atoms with Gasteiger partial charge in [0, 0.05) is 17.1 Å². The van der Waals surface area contributed by atoms with Crippen molar-refractivity contribution in [3.8, 4) is 11.1 Å². The van der Waals surface area contributed by atoms with Gasteiger partial charge in [0.15, 0.2) is 0 Å². The van der Waals surface area contributed by atoms with E-state index >= 15 is 0 Å². The first kappa shape index (κ1) is 10.5. The van der Waals surface area contributed by atoms with E-state index in [9.17, 15) is 4.79 Å². The third kappa shape index (κ3) is 1.64. The minimum Gasteiger partial charge on any atom is -0.477 e. The summed E-state index contributed by atoms with van der Waals surface area (Å²) in [6, 6.07) is 10.9. The van der Waals surface area contributed by atoms with Crippen molar-refractivity contribution in [2.24, 2.45) is 0 Å². The Morgan fingerprint density at radius 2 is 2.06 bits per heavy atom. The number of nitrogens with zero attached hydrogens (tertiary/aromatic N) is 1.